The topological polar surface area (TPSA) is 74.6 Å². The second-order valence-corrected chi connectivity index (χ2v) is 7.04. The van der Waals surface area contributed by atoms with Gasteiger partial charge in [0.2, 0.25) is 0 Å². The number of rotatable bonds is 9. The number of aliphatic carboxylic acids is 1. The Kier molecular flexibility index (Phi) is 7.38. The maximum absolute atomic E-state index is 12.2. The number of carboxylic acids is 1. The number of hydrogen-bond acceptors (Lipinski definition) is 3. The molecular formula is C21H28O4. The smallest absolute Gasteiger partial charge is 0.303 e. The van der Waals surface area contributed by atoms with Crippen molar-refractivity contribution in [3.05, 3.63) is 41.5 Å². The van der Waals surface area contributed by atoms with Gasteiger partial charge in [-0.05, 0) is 37.7 Å². The van der Waals surface area contributed by atoms with E-state index in [2.05, 4.69) is 12.1 Å². The lowest BCUT2D eigenvalue weighted by Gasteiger charge is -2.14. The van der Waals surface area contributed by atoms with Gasteiger partial charge >= 0.3 is 5.97 Å². The predicted molar refractivity (Wildman–Crippen MR) is 98.2 cm³/mol. The molecule has 2 rings (SSSR count). The van der Waals surface area contributed by atoms with Crippen molar-refractivity contribution in [3.8, 4) is 0 Å². The van der Waals surface area contributed by atoms with Gasteiger partial charge < -0.3 is 10.2 Å². The number of carbonyl (C=O) groups is 2. The van der Waals surface area contributed by atoms with Crippen LogP contribution in [0.15, 0.2) is 30.3 Å². The van der Waals surface area contributed by atoms with Crippen molar-refractivity contribution in [3.63, 3.8) is 0 Å². The van der Waals surface area contributed by atoms with Crippen LogP contribution in [0, 0.1) is 18.8 Å². The highest BCUT2D eigenvalue weighted by Gasteiger charge is 2.39. The third kappa shape index (κ3) is 6.13. The fourth-order valence-corrected chi connectivity index (χ4v) is 3.57. The molecule has 4 nitrogen and oxygen atoms in total. The number of aliphatic hydroxyl groups excluding tert-OH is 1. The molecule has 0 aromatic heterocycles. The molecular weight excluding hydrogens is 316 g/mol. The SMILES string of the molecule is Cc1cccc(/C=C/C2CC(O)C(=O)C2CCCCCCC(=O)O)c1. The van der Waals surface area contributed by atoms with Gasteiger partial charge in [-0.15, -0.1) is 0 Å². The minimum atomic E-state index is -0.843. The van der Waals surface area contributed by atoms with Crippen molar-refractivity contribution >= 4 is 17.8 Å². The summed E-state index contributed by atoms with van der Waals surface area (Å²) >= 11 is 0. The van der Waals surface area contributed by atoms with Crippen LogP contribution in [0.4, 0.5) is 0 Å². The third-order valence-corrected chi connectivity index (χ3v) is 4.94. The molecule has 0 heterocycles. The number of hydrogen-bond donors (Lipinski definition) is 2. The van der Waals surface area contributed by atoms with Crippen LogP contribution in [-0.4, -0.2) is 28.1 Å². The van der Waals surface area contributed by atoms with Crippen molar-refractivity contribution in [1.82, 2.24) is 0 Å². The van der Waals surface area contributed by atoms with Crippen LogP contribution in [0.5, 0.6) is 0 Å². The van der Waals surface area contributed by atoms with Crippen molar-refractivity contribution in [1.29, 1.82) is 0 Å². The molecule has 1 aliphatic carbocycles. The van der Waals surface area contributed by atoms with Gasteiger partial charge in [0.15, 0.2) is 5.78 Å². The Balaban J connectivity index is 1.86. The number of Topliss-reactive ketones (excluding diaryl/α,β-unsaturated/α-hetero) is 1. The average Bonchev–Trinajstić information content (AvgIpc) is 2.83. The lowest BCUT2D eigenvalue weighted by Crippen LogP contribution is -2.19. The number of allylic oxidation sites excluding steroid dienone is 1. The number of aryl methyl sites for hydroxylation is 1. The Morgan fingerprint density at radius 2 is 2.00 bits per heavy atom. The molecule has 0 saturated heterocycles. The minimum Gasteiger partial charge on any atom is -0.481 e. The van der Waals surface area contributed by atoms with E-state index in [0.29, 0.717) is 12.8 Å². The highest BCUT2D eigenvalue weighted by Crippen LogP contribution is 2.34. The van der Waals surface area contributed by atoms with E-state index in [0.717, 1.165) is 31.2 Å². The van der Waals surface area contributed by atoms with E-state index in [-0.39, 0.29) is 24.0 Å². The zero-order chi connectivity index (χ0) is 18.2. The maximum atomic E-state index is 12.2. The molecule has 0 amide bonds. The third-order valence-electron chi connectivity index (χ3n) is 4.94. The van der Waals surface area contributed by atoms with Crippen LogP contribution in [0.3, 0.4) is 0 Å². The van der Waals surface area contributed by atoms with E-state index in [1.807, 2.05) is 31.2 Å². The minimum absolute atomic E-state index is 0.0376. The second kappa shape index (κ2) is 9.52. The monoisotopic (exact) mass is 344 g/mol. The Morgan fingerprint density at radius 1 is 1.24 bits per heavy atom. The summed E-state index contributed by atoms with van der Waals surface area (Å²) in [6, 6.07) is 8.20. The molecule has 3 unspecified atom stereocenters. The quantitative estimate of drug-likeness (QED) is 0.664. The fraction of sp³-hybridized carbons (Fsp3) is 0.524. The van der Waals surface area contributed by atoms with Gasteiger partial charge in [-0.2, -0.15) is 0 Å². The van der Waals surface area contributed by atoms with Crippen LogP contribution in [0.1, 0.15) is 56.1 Å². The first-order valence-corrected chi connectivity index (χ1v) is 9.16. The van der Waals surface area contributed by atoms with Gasteiger partial charge in [0.25, 0.3) is 0 Å². The molecule has 3 atom stereocenters. The Hall–Kier alpha value is -1.94. The van der Waals surface area contributed by atoms with Gasteiger partial charge in [0.05, 0.1) is 0 Å². The number of benzene rings is 1. The van der Waals surface area contributed by atoms with Crippen LogP contribution in [0.2, 0.25) is 0 Å². The summed E-state index contributed by atoms with van der Waals surface area (Å²) < 4.78 is 0. The van der Waals surface area contributed by atoms with Crippen LogP contribution >= 0.6 is 0 Å². The van der Waals surface area contributed by atoms with Crippen molar-refractivity contribution in [2.75, 3.05) is 0 Å². The van der Waals surface area contributed by atoms with Crippen molar-refractivity contribution in [2.45, 2.75) is 58.0 Å². The molecule has 25 heavy (non-hydrogen) atoms. The first kappa shape index (κ1) is 19.4. The standard InChI is InChI=1S/C21H28O4/c1-15-7-6-8-16(13-15)11-12-17-14-19(22)21(25)18(17)9-4-2-3-5-10-20(23)24/h6-8,11-13,17-19,22H,2-5,9-10,14H2,1H3,(H,23,24)/b12-11+. The first-order chi connectivity index (χ1) is 12.0. The summed E-state index contributed by atoms with van der Waals surface area (Å²) in [4.78, 5) is 22.7. The van der Waals surface area contributed by atoms with Crippen molar-refractivity contribution < 1.29 is 19.8 Å². The Morgan fingerprint density at radius 3 is 2.72 bits per heavy atom. The fourth-order valence-electron chi connectivity index (χ4n) is 3.57. The summed E-state index contributed by atoms with van der Waals surface area (Å²) in [5.41, 5.74) is 2.31. The molecule has 1 aliphatic rings. The molecule has 1 aromatic carbocycles. The lowest BCUT2D eigenvalue weighted by atomic mass is 9.89. The van der Waals surface area contributed by atoms with E-state index in [4.69, 9.17) is 5.11 Å². The second-order valence-electron chi connectivity index (χ2n) is 7.04. The molecule has 1 aromatic rings. The largest absolute Gasteiger partial charge is 0.481 e. The maximum Gasteiger partial charge on any atom is 0.303 e. The number of aliphatic hydroxyl groups is 1. The molecule has 0 bridgehead atoms. The predicted octanol–water partition coefficient (Wildman–Crippen LogP) is 4.00. The van der Waals surface area contributed by atoms with E-state index in [9.17, 15) is 14.7 Å². The van der Waals surface area contributed by atoms with Crippen LogP contribution < -0.4 is 0 Å². The number of carboxylic acid groups (broad SMARTS) is 1. The molecule has 0 radical (unpaired) electrons. The molecule has 0 spiro atoms. The molecule has 1 saturated carbocycles. The Labute approximate surface area is 149 Å². The van der Waals surface area contributed by atoms with Gasteiger partial charge in [-0.25, -0.2) is 0 Å². The average molecular weight is 344 g/mol. The number of carbonyl (C=O) groups excluding carboxylic acids is 1. The van der Waals surface area contributed by atoms with E-state index >= 15 is 0 Å². The van der Waals surface area contributed by atoms with Gasteiger partial charge in [-0.3, -0.25) is 9.59 Å². The molecule has 2 N–H and O–H groups in total. The Bertz CT molecular complexity index is 620. The first-order valence-electron chi connectivity index (χ1n) is 9.16. The lowest BCUT2D eigenvalue weighted by molar-refractivity contribution is -0.137. The van der Waals surface area contributed by atoms with Crippen molar-refractivity contribution in [2.24, 2.45) is 11.8 Å². The van der Waals surface area contributed by atoms with Gasteiger partial charge in [0, 0.05) is 12.3 Å². The molecule has 0 aliphatic heterocycles. The molecule has 1 fully saturated rings. The van der Waals surface area contributed by atoms with E-state index in [1.54, 1.807) is 0 Å². The van der Waals surface area contributed by atoms with E-state index in [1.165, 1.54) is 5.56 Å². The molecule has 4 heteroatoms. The summed E-state index contributed by atoms with van der Waals surface area (Å²) in [6.45, 7) is 2.05. The zero-order valence-electron chi connectivity index (χ0n) is 14.9. The van der Waals surface area contributed by atoms with Crippen LogP contribution in [0.25, 0.3) is 6.08 Å². The highest BCUT2D eigenvalue weighted by molar-refractivity contribution is 5.88. The van der Waals surface area contributed by atoms with Gasteiger partial charge in [-0.1, -0.05) is 61.2 Å². The molecule has 136 valence electrons. The van der Waals surface area contributed by atoms with Gasteiger partial charge in [0.1, 0.15) is 6.10 Å². The van der Waals surface area contributed by atoms with Crippen LogP contribution in [-0.2, 0) is 9.59 Å². The normalized spacial score (nSPS) is 23.4. The zero-order valence-corrected chi connectivity index (χ0v) is 14.9. The summed E-state index contributed by atoms with van der Waals surface area (Å²) in [5, 5.41) is 18.6. The summed E-state index contributed by atoms with van der Waals surface area (Å²) in [7, 11) is 0. The highest BCUT2D eigenvalue weighted by atomic mass is 16.4. The summed E-state index contributed by atoms with van der Waals surface area (Å²) in [6.07, 6.45) is 8.15. The van der Waals surface area contributed by atoms with E-state index < -0.39 is 12.1 Å². The number of ketones is 1. The summed E-state index contributed by atoms with van der Waals surface area (Å²) in [5.74, 6) is -0.822. The number of unbranched alkanes of at least 4 members (excludes halogenated alkanes) is 3.